The van der Waals surface area contributed by atoms with Crippen molar-refractivity contribution >= 4 is 5.91 Å². The van der Waals surface area contributed by atoms with E-state index in [9.17, 15) is 4.79 Å². The molecule has 0 aliphatic carbocycles. The van der Waals surface area contributed by atoms with E-state index in [1.54, 1.807) is 0 Å². The van der Waals surface area contributed by atoms with Gasteiger partial charge in [-0.05, 0) is 6.42 Å². The number of nitrogens with one attached hydrogen (secondary N) is 1. The summed E-state index contributed by atoms with van der Waals surface area (Å²) < 4.78 is 1.97. The average molecular weight is 334 g/mol. The van der Waals surface area contributed by atoms with Gasteiger partial charge in [0.05, 0.1) is 0 Å². The summed E-state index contributed by atoms with van der Waals surface area (Å²) in [6.07, 6.45) is 4.57. The monoisotopic (exact) mass is 334 g/mol. The van der Waals surface area contributed by atoms with E-state index in [-0.39, 0.29) is 29.9 Å². The first-order chi connectivity index (χ1) is 7.24. The van der Waals surface area contributed by atoms with Gasteiger partial charge < -0.3 is 29.3 Å². The number of aryl methyl sites for hydroxylation is 1. The molecule has 90 valence electrons. The van der Waals surface area contributed by atoms with E-state index < -0.39 is 0 Å². The van der Waals surface area contributed by atoms with Gasteiger partial charge in [0.25, 0.3) is 0 Å². The highest BCUT2D eigenvalue weighted by Gasteiger charge is 2.09. The van der Waals surface area contributed by atoms with Gasteiger partial charge in [-0.15, -0.1) is 0 Å². The fourth-order valence-electron chi connectivity index (χ4n) is 1.37. The van der Waals surface area contributed by atoms with E-state index >= 15 is 0 Å². The van der Waals surface area contributed by atoms with Gasteiger partial charge in [0, 0.05) is 18.7 Å². The molecule has 0 aromatic carbocycles. The van der Waals surface area contributed by atoms with E-state index in [4.69, 9.17) is 0 Å². The van der Waals surface area contributed by atoms with Gasteiger partial charge >= 0.3 is 0 Å². The highest BCUT2D eigenvalue weighted by molar-refractivity contribution is 5.77. The molecule has 0 unspecified atom stereocenters. The molecule has 0 aliphatic rings. The maximum atomic E-state index is 11.5. The fraction of sp³-hybridized carbons (Fsp3) is 0.500. The van der Waals surface area contributed by atoms with Crippen molar-refractivity contribution in [2.24, 2.45) is 7.05 Å². The zero-order chi connectivity index (χ0) is 11.1. The molecule has 0 bridgehead atoms. The maximum absolute atomic E-state index is 11.5. The Kier molecular flexibility index (Phi) is 8.15. The van der Waals surface area contributed by atoms with Gasteiger partial charge in [-0.3, -0.25) is 4.79 Å². The summed E-state index contributed by atoms with van der Waals surface area (Å²) in [5.41, 5.74) is 1.03. The Bertz CT molecular complexity index is 329. The van der Waals surface area contributed by atoms with Crippen LogP contribution in [0, 0.1) is 0 Å². The minimum absolute atomic E-state index is 0. The second-order valence-corrected chi connectivity index (χ2v) is 3.68. The molecule has 1 N–H and O–H groups in total. The first-order valence-electron chi connectivity index (χ1n) is 5.44. The second-order valence-electron chi connectivity index (χ2n) is 3.68. The lowest BCUT2D eigenvalue weighted by atomic mass is 10.2. The molecule has 16 heavy (non-hydrogen) atoms. The van der Waals surface area contributed by atoms with Crippen molar-refractivity contribution in [2.45, 2.75) is 26.2 Å². The van der Waals surface area contributed by atoms with Crippen LogP contribution >= 0.6 is 0 Å². The van der Waals surface area contributed by atoms with Gasteiger partial charge in [-0.2, -0.15) is 0 Å². The highest BCUT2D eigenvalue weighted by Crippen LogP contribution is 1.92. The number of rotatable bonds is 5. The van der Waals surface area contributed by atoms with Crippen LogP contribution in [0.4, 0.5) is 0 Å². The van der Waals surface area contributed by atoms with Gasteiger partial charge in [0.15, 0.2) is 11.9 Å². The van der Waals surface area contributed by atoms with E-state index in [2.05, 4.69) is 12.2 Å². The SMILES string of the molecule is CCCCNC(=O)Cc1cccc[n+]1C.[I-]. The second kappa shape index (κ2) is 8.50. The summed E-state index contributed by atoms with van der Waals surface area (Å²) in [5.74, 6) is 0.102. The van der Waals surface area contributed by atoms with Crippen LogP contribution in [0.2, 0.25) is 0 Å². The van der Waals surface area contributed by atoms with Crippen LogP contribution in [0.15, 0.2) is 24.4 Å². The lowest BCUT2D eigenvalue weighted by Gasteiger charge is -2.02. The lowest BCUT2D eigenvalue weighted by Crippen LogP contribution is -3.00. The van der Waals surface area contributed by atoms with Crippen molar-refractivity contribution in [1.82, 2.24) is 5.32 Å². The molecule has 1 aromatic heterocycles. The number of amides is 1. The van der Waals surface area contributed by atoms with Crippen LogP contribution in [0.1, 0.15) is 25.5 Å². The standard InChI is InChI=1S/C12H18N2O.HI/c1-3-4-8-13-12(15)10-11-7-5-6-9-14(11)2;/h5-7,9H,3-4,8,10H2,1-2H3;1H. The summed E-state index contributed by atoms with van der Waals surface area (Å²) in [6, 6.07) is 5.88. The minimum atomic E-state index is 0. The molecule has 4 heteroatoms. The smallest absolute Gasteiger partial charge is 0.230 e. The molecule has 3 nitrogen and oxygen atoms in total. The van der Waals surface area contributed by atoms with Crippen LogP contribution in [-0.2, 0) is 18.3 Å². The number of pyridine rings is 1. The molecule has 1 heterocycles. The molecule has 0 atom stereocenters. The molecule has 0 spiro atoms. The Morgan fingerprint density at radius 2 is 2.19 bits per heavy atom. The number of halogens is 1. The summed E-state index contributed by atoms with van der Waals surface area (Å²) in [4.78, 5) is 11.5. The first-order valence-corrected chi connectivity index (χ1v) is 5.44. The Labute approximate surface area is 114 Å². The third-order valence-electron chi connectivity index (χ3n) is 2.36. The maximum Gasteiger partial charge on any atom is 0.230 e. The summed E-state index contributed by atoms with van der Waals surface area (Å²) in [5, 5.41) is 2.91. The third kappa shape index (κ3) is 5.44. The molecular formula is C12H19IN2O. The Hall–Kier alpha value is -0.650. The Morgan fingerprint density at radius 3 is 2.81 bits per heavy atom. The van der Waals surface area contributed by atoms with Crippen molar-refractivity contribution in [1.29, 1.82) is 0 Å². The Morgan fingerprint density at radius 1 is 1.44 bits per heavy atom. The number of carbonyl (C=O) groups excluding carboxylic acids is 1. The normalized spacial score (nSPS) is 9.38. The topological polar surface area (TPSA) is 33.0 Å². The van der Waals surface area contributed by atoms with E-state index in [0.29, 0.717) is 6.42 Å². The van der Waals surface area contributed by atoms with E-state index in [1.807, 2.05) is 36.0 Å². The van der Waals surface area contributed by atoms with E-state index in [0.717, 1.165) is 25.1 Å². The molecule has 0 aliphatic heterocycles. The van der Waals surface area contributed by atoms with Crippen LogP contribution in [0.5, 0.6) is 0 Å². The van der Waals surface area contributed by atoms with Gasteiger partial charge in [-0.25, -0.2) is 4.57 Å². The molecule has 1 amide bonds. The molecule has 0 fully saturated rings. The number of hydrogen-bond acceptors (Lipinski definition) is 1. The first kappa shape index (κ1) is 15.3. The predicted octanol–water partition coefficient (Wildman–Crippen LogP) is -2.03. The summed E-state index contributed by atoms with van der Waals surface area (Å²) >= 11 is 0. The fourth-order valence-corrected chi connectivity index (χ4v) is 1.37. The van der Waals surface area contributed by atoms with Crippen molar-refractivity contribution in [2.75, 3.05) is 6.54 Å². The van der Waals surface area contributed by atoms with Crippen LogP contribution in [-0.4, -0.2) is 12.5 Å². The largest absolute Gasteiger partial charge is 1.00 e. The summed E-state index contributed by atoms with van der Waals surface area (Å²) in [6.45, 7) is 2.90. The van der Waals surface area contributed by atoms with Crippen molar-refractivity contribution in [3.8, 4) is 0 Å². The number of carbonyl (C=O) groups is 1. The average Bonchev–Trinajstić information content (AvgIpc) is 2.22. The quantitative estimate of drug-likeness (QED) is 0.376. The molecule has 0 saturated heterocycles. The zero-order valence-electron chi connectivity index (χ0n) is 9.87. The van der Waals surface area contributed by atoms with Crippen LogP contribution in [0.25, 0.3) is 0 Å². The van der Waals surface area contributed by atoms with Crippen LogP contribution in [0.3, 0.4) is 0 Å². The number of unbranched alkanes of at least 4 members (excludes halogenated alkanes) is 1. The zero-order valence-corrected chi connectivity index (χ0v) is 12.0. The van der Waals surface area contributed by atoms with Gasteiger partial charge in [0.1, 0.15) is 13.5 Å². The molecular weight excluding hydrogens is 315 g/mol. The van der Waals surface area contributed by atoms with Crippen LogP contribution < -0.4 is 33.9 Å². The molecule has 1 rings (SSSR count). The highest BCUT2D eigenvalue weighted by atomic mass is 127. The van der Waals surface area contributed by atoms with E-state index in [1.165, 1.54) is 0 Å². The minimum Gasteiger partial charge on any atom is -1.00 e. The van der Waals surface area contributed by atoms with Crippen molar-refractivity contribution in [3.63, 3.8) is 0 Å². The van der Waals surface area contributed by atoms with Crippen molar-refractivity contribution < 1.29 is 33.3 Å². The number of hydrogen-bond donors (Lipinski definition) is 1. The van der Waals surface area contributed by atoms with Gasteiger partial charge in [-0.1, -0.05) is 19.4 Å². The number of aromatic nitrogens is 1. The Balaban J connectivity index is 0.00000225. The van der Waals surface area contributed by atoms with Crippen molar-refractivity contribution in [3.05, 3.63) is 30.1 Å². The van der Waals surface area contributed by atoms with Gasteiger partial charge in [0.2, 0.25) is 5.91 Å². The third-order valence-corrected chi connectivity index (χ3v) is 2.36. The number of nitrogens with zero attached hydrogens (tertiary/aromatic N) is 1. The predicted molar refractivity (Wildman–Crippen MR) is 59.2 cm³/mol. The molecule has 0 radical (unpaired) electrons. The molecule has 0 saturated carbocycles. The summed E-state index contributed by atoms with van der Waals surface area (Å²) in [7, 11) is 1.95. The lowest BCUT2D eigenvalue weighted by molar-refractivity contribution is -0.678. The molecule has 1 aromatic rings.